The van der Waals surface area contributed by atoms with Crippen LogP contribution in [0.5, 0.6) is 0 Å². The SMILES string of the molecule is C=CCNCC(=O)Nc1cccc(NC(=O)CCC)c1. The lowest BCUT2D eigenvalue weighted by molar-refractivity contribution is -0.116. The van der Waals surface area contributed by atoms with Gasteiger partial charge < -0.3 is 16.0 Å². The van der Waals surface area contributed by atoms with E-state index in [1.165, 1.54) is 0 Å². The Kier molecular flexibility index (Phi) is 7.06. The van der Waals surface area contributed by atoms with Gasteiger partial charge in [-0.2, -0.15) is 0 Å². The third-order valence-electron chi connectivity index (χ3n) is 2.48. The molecule has 0 saturated heterocycles. The predicted octanol–water partition coefficient (Wildman–Crippen LogP) is 2.14. The Labute approximate surface area is 119 Å². The molecule has 0 fully saturated rings. The van der Waals surface area contributed by atoms with E-state index in [1.807, 2.05) is 6.92 Å². The summed E-state index contributed by atoms with van der Waals surface area (Å²) in [7, 11) is 0. The second-order valence-corrected chi connectivity index (χ2v) is 4.35. The molecule has 0 bridgehead atoms. The fourth-order valence-electron chi connectivity index (χ4n) is 1.62. The van der Waals surface area contributed by atoms with Crippen LogP contribution in [-0.2, 0) is 9.59 Å². The van der Waals surface area contributed by atoms with Crippen molar-refractivity contribution in [1.82, 2.24) is 5.32 Å². The molecule has 20 heavy (non-hydrogen) atoms. The maximum Gasteiger partial charge on any atom is 0.238 e. The third-order valence-corrected chi connectivity index (χ3v) is 2.48. The van der Waals surface area contributed by atoms with Crippen molar-refractivity contribution in [2.45, 2.75) is 19.8 Å². The van der Waals surface area contributed by atoms with E-state index >= 15 is 0 Å². The largest absolute Gasteiger partial charge is 0.326 e. The van der Waals surface area contributed by atoms with E-state index in [1.54, 1.807) is 30.3 Å². The zero-order valence-electron chi connectivity index (χ0n) is 11.7. The number of anilines is 2. The van der Waals surface area contributed by atoms with Crippen molar-refractivity contribution in [2.24, 2.45) is 0 Å². The Balaban J connectivity index is 2.52. The molecule has 0 unspecified atom stereocenters. The second-order valence-electron chi connectivity index (χ2n) is 4.35. The van der Waals surface area contributed by atoms with E-state index in [2.05, 4.69) is 22.5 Å². The summed E-state index contributed by atoms with van der Waals surface area (Å²) in [5.74, 6) is -0.160. The number of benzene rings is 1. The fourth-order valence-corrected chi connectivity index (χ4v) is 1.62. The van der Waals surface area contributed by atoms with Crippen molar-refractivity contribution in [3.05, 3.63) is 36.9 Å². The Bertz CT molecular complexity index is 472. The molecule has 1 aromatic carbocycles. The van der Waals surface area contributed by atoms with E-state index in [0.717, 1.165) is 6.42 Å². The normalized spacial score (nSPS) is 9.85. The first-order valence-corrected chi connectivity index (χ1v) is 6.67. The van der Waals surface area contributed by atoms with Crippen LogP contribution in [0.1, 0.15) is 19.8 Å². The lowest BCUT2D eigenvalue weighted by atomic mass is 10.2. The van der Waals surface area contributed by atoms with Crippen LogP contribution in [0.25, 0.3) is 0 Å². The Morgan fingerprint density at radius 1 is 1.20 bits per heavy atom. The van der Waals surface area contributed by atoms with Gasteiger partial charge in [-0.25, -0.2) is 0 Å². The van der Waals surface area contributed by atoms with Crippen LogP contribution < -0.4 is 16.0 Å². The fraction of sp³-hybridized carbons (Fsp3) is 0.333. The summed E-state index contributed by atoms with van der Waals surface area (Å²) < 4.78 is 0. The molecule has 0 atom stereocenters. The number of nitrogens with one attached hydrogen (secondary N) is 3. The lowest BCUT2D eigenvalue weighted by Gasteiger charge is -2.08. The van der Waals surface area contributed by atoms with Crippen LogP contribution in [0, 0.1) is 0 Å². The number of rotatable bonds is 8. The van der Waals surface area contributed by atoms with Crippen LogP contribution in [-0.4, -0.2) is 24.9 Å². The van der Waals surface area contributed by atoms with Crippen LogP contribution in [0.4, 0.5) is 11.4 Å². The topological polar surface area (TPSA) is 70.2 Å². The van der Waals surface area contributed by atoms with E-state index in [4.69, 9.17) is 0 Å². The number of amides is 2. The van der Waals surface area contributed by atoms with Crippen LogP contribution in [0.3, 0.4) is 0 Å². The molecule has 5 nitrogen and oxygen atoms in total. The van der Waals surface area contributed by atoms with E-state index in [0.29, 0.717) is 24.3 Å². The number of hydrogen-bond acceptors (Lipinski definition) is 3. The number of carbonyl (C=O) groups is 2. The van der Waals surface area contributed by atoms with Crippen molar-refractivity contribution in [3.8, 4) is 0 Å². The monoisotopic (exact) mass is 275 g/mol. The van der Waals surface area contributed by atoms with Gasteiger partial charge in [0, 0.05) is 24.3 Å². The first kappa shape index (κ1) is 15.9. The summed E-state index contributed by atoms with van der Waals surface area (Å²) in [5.41, 5.74) is 1.34. The van der Waals surface area contributed by atoms with Crippen molar-refractivity contribution in [2.75, 3.05) is 23.7 Å². The average Bonchev–Trinajstić information content (AvgIpc) is 2.39. The van der Waals surface area contributed by atoms with E-state index < -0.39 is 0 Å². The first-order chi connectivity index (χ1) is 9.65. The standard InChI is InChI=1S/C15H21N3O2/c1-3-6-14(19)17-12-7-5-8-13(10-12)18-15(20)11-16-9-4-2/h4-5,7-8,10,16H,2-3,6,9,11H2,1H3,(H,17,19)(H,18,20). The molecule has 0 aliphatic rings. The summed E-state index contributed by atoms with van der Waals surface area (Å²) in [6.07, 6.45) is 2.98. The van der Waals surface area contributed by atoms with Crippen LogP contribution in [0.2, 0.25) is 0 Å². The minimum absolute atomic E-state index is 0.0244. The van der Waals surface area contributed by atoms with Crippen LogP contribution >= 0.6 is 0 Å². The molecule has 108 valence electrons. The van der Waals surface area contributed by atoms with Crippen LogP contribution in [0.15, 0.2) is 36.9 Å². The summed E-state index contributed by atoms with van der Waals surface area (Å²) in [4.78, 5) is 23.1. The average molecular weight is 275 g/mol. The van der Waals surface area contributed by atoms with Gasteiger partial charge in [0.25, 0.3) is 0 Å². The lowest BCUT2D eigenvalue weighted by Crippen LogP contribution is -2.28. The number of carbonyl (C=O) groups excluding carboxylic acids is 2. The van der Waals surface area contributed by atoms with Gasteiger partial charge >= 0.3 is 0 Å². The summed E-state index contributed by atoms with van der Waals surface area (Å²) >= 11 is 0. The summed E-state index contributed by atoms with van der Waals surface area (Å²) in [6, 6.07) is 7.09. The molecule has 3 N–H and O–H groups in total. The van der Waals surface area contributed by atoms with Gasteiger partial charge in [-0.15, -0.1) is 6.58 Å². The molecule has 5 heteroatoms. The van der Waals surface area contributed by atoms with Gasteiger partial charge in [0.15, 0.2) is 0 Å². The van der Waals surface area contributed by atoms with E-state index in [-0.39, 0.29) is 18.4 Å². The van der Waals surface area contributed by atoms with E-state index in [9.17, 15) is 9.59 Å². The zero-order valence-corrected chi connectivity index (χ0v) is 11.7. The molecule has 2 amide bonds. The van der Waals surface area contributed by atoms with Gasteiger partial charge in [0.1, 0.15) is 0 Å². The molecule has 0 aromatic heterocycles. The Morgan fingerprint density at radius 2 is 1.85 bits per heavy atom. The molecule has 1 aromatic rings. The molecule has 0 aliphatic heterocycles. The second kappa shape index (κ2) is 8.87. The summed E-state index contributed by atoms with van der Waals surface area (Å²) in [5, 5.41) is 8.47. The maximum atomic E-state index is 11.6. The Hall–Kier alpha value is -2.14. The molecule has 1 rings (SSSR count). The van der Waals surface area contributed by atoms with Crippen molar-refractivity contribution < 1.29 is 9.59 Å². The first-order valence-electron chi connectivity index (χ1n) is 6.67. The molecular formula is C15H21N3O2. The minimum Gasteiger partial charge on any atom is -0.326 e. The van der Waals surface area contributed by atoms with Gasteiger partial charge in [0.05, 0.1) is 6.54 Å². The maximum absolute atomic E-state index is 11.6. The molecule has 0 spiro atoms. The van der Waals surface area contributed by atoms with Crippen molar-refractivity contribution in [1.29, 1.82) is 0 Å². The highest BCUT2D eigenvalue weighted by Crippen LogP contribution is 2.15. The van der Waals surface area contributed by atoms with Gasteiger partial charge in [0.2, 0.25) is 11.8 Å². The highest BCUT2D eigenvalue weighted by atomic mass is 16.2. The highest BCUT2D eigenvalue weighted by molar-refractivity contribution is 5.94. The zero-order chi connectivity index (χ0) is 14.8. The van der Waals surface area contributed by atoms with Gasteiger partial charge in [-0.1, -0.05) is 19.1 Å². The van der Waals surface area contributed by atoms with Gasteiger partial charge in [-0.05, 0) is 24.6 Å². The highest BCUT2D eigenvalue weighted by Gasteiger charge is 2.04. The molecule has 0 aliphatic carbocycles. The molecule has 0 heterocycles. The third kappa shape index (κ3) is 6.15. The summed E-state index contributed by atoms with van der Waals surface area (Å²) in [6.45, 7) is 6.32. The smallest absolute Gasteiger partial charge is 0.238 e. The van der Waals surface area contributed by atoms with Crippen molar-refractivity contribution >= 4 is 23.2 Å². The predicted molar refractivity (Wildman–Crippen MR) is 81.7 cm³/mol. The molecular weight excluding hydrogens is 254 g/mol. The molecule has 0 radical (unpaired) electrons. The van der Waals surface area contributed by atoms with Gasteiger partial charge in [-0.3, -0.25) is 9.59 Å². The van der Waals surface area contributed by atoms with Crippen molar-refractivity contribution in [3.63, 3.8) is 0 Å². The quantitative estimate of drug-likeness (QED) is 0.503. The minimum atomic E-state index is -0.135. The Morgan fingerprint density at radius 3 is 2.45 bits per heavy atom. The number of hydrogen-bond donors (Lipinski definition) is 3. The molecule has 0 saturated carbocycles.